The third-order valence-electron chi connectivity index (χ3n) is 2.78. The molecule has 102 valence electrons. The molecule has 1 heterocycles. The number of thiazole rings is 1. The Morgan fingerprint density at radius 2 is 2.26 bits per heavy atom. The van der Waals surface area contributed by atoms with Crippen LogP contribution in [0.2, 0.25) is 0 Å². The number of nitrogens with two attached hydrogens (primary N) is 1. The second-order valence-electron chi connectivity index (χ2n) is 4.25. The first-order valence-electron chi connectivity index (χ1n) is 6.34. The molecule has 1 amide bonds. The molecule has 0 aliphatic carbocycles. The summed E-state index contributed by atoms with van der Waals surface area (Å²) in [5, 5.41) is 6.02. The molecule has 1 aromatic heterocycles. The Balaban J connectivity index is 1.91. The van der Waals surface area contributed by atoms with E-state index in [0.29, 0.717) is 18.7 Å². The quantitative estimate of drug-likeness (QED) is 0.708. The van der Waals surface area contributed by atoms with Crippen molar-refractivity contribution in [1.82, 2.24) is 10.3 Å². The monoisotopic (exact) mass is 278 g/mol. The molecule has 5 nitrogen and oxygen atoms in total. The molecule has 0 saturated carbocycles. The lowest BCUT2D eigenvalue weighted by Crippen LogP contribution is -2.25. The number of benzene rings is 1. The number of hydrogen-bond donors (Lipinski definition) is 3. The van der Waals surface area contributed by atoms with E-state index >= 15 is 0 Å². The van der Waals surface area contributed by atoms with Crippen molar-refractivity contribution in [2.24, 2.45) is 0 Å². The first-order valence-corrected chi connectivity index (χ1v) is 7.22. The fourth-order valence-electron chi connectivity index (χ4n) is 1.77. The molecule has 2 rings (SSSR count). The van der Waals surface area contributed by atoms with Gasteiger partial charge >= 0.3 is 0 Å². The zero-order chi connectivity index (χ0) is 13.7. The first-order chi connectivity index (χ1) is 9.22. The van der Waals surface area contributed by atoms with Crippen LogP contribution in [0, 0.1) is 0 Å². The molecule has 2 aromatic rings. The Morgan fingerprint density at radius 3 is 3.05 bits per heavy atom. The maximum absolute atomic E-state index is 11.5. The minimum absolute atomic E-state index is 0.0580. The van der Waals surface area contributed by atoms with Crippen LogP contribution in [0.5, 0.6) is 0 Å². The number of rotatable bonds is 6. The molecular weight excluding hydrogens is 260 g/mol. The second-order valence-corrected chi connectivity index (χ2v) is 5.14. The van der Waals surface area contributed by atoms with Gasteiger partial charge in [0.2, 0.25) is 5.91 Å². The van der Waals surface area contributed by atoms with Gasteiger partial charge in [0.25, 0.3) is 0 Å². The van der Waals surface area contributed by atoms with Crippen molar-refractivity contribution >= 4 is 38.8 Å². The molecule has 4 N–H and O–H groups in total. The van der Waals surface area contributed by atoms with E-state index < -0.39 is 0 Å². The maximum atomic E-state index is 11.5. The Kier molecular flexibility index (Phi) is 4.57. The molecule has 0 aliphatic heterocycles. The van der Waals surface area contributed by atoms with Gasteiger partial charge in [-0.25, -0.2) is 4.98 Å². The van der Waals surface area contributed by atoms with E-state index in [0.717, 1.165) is 28.9 Å². The summed E-state index contributed by atoms with van der Waals surface area (Å²) in [5.74, 6) is 0.0580. The lowest BCUT2D eigenvalue weighted by molar-refractivity contribution is -0.120. The van der Waals surface area contributed by atoms with Crippen molar-refractivity contribution < 1.29 is 4.79 Å². The number of fused-ring (bicyclic) bond motifs is 1. The van der Waals surface area contributed by atoms with Crippen LogP contribution in [0.4, 0.5) is 11.4 Å². The Bertz CT molecular complexity index is 567. The van der Waals surface area contributed by atoms with Gasteiger partial charge in [-0.2, -0.15) is 0 Å². The summed E-state index contributed by atoms with van der Waals surface area (Å²) in [5.41, 5.74) is 10.1. The van der Waals surface area contributed by atoms with Gasteiger partial charge in [0.1, 0.15) is 5.52 Å². The highest BCUT2D eigenvalue weighted by molar-refractivity contribution is 7.16. The van der Waals surface area contributed by atoms with Gasteiger partial charge in [-0.05, 0) is 18.6 Å². The van der Waals surface area contributed by atoms with Gasteiger partial charge in [0, 0.05) is 19.5 Å². The van der Waals surface area contributed by atoms with Crippen molar-refractivity contribution in [3.63, 3.8) is 0 Å². The normalized spacial score (nSPS) is 10.6. The van der Waals surface area contributed by atoms with Crippen molar-refractivity contribution in [1.29, 1.82) is 0 Å². The predicted octanol–water partition coefficient (Wildman–Crippen LogP) is 2.21. The smallest absolute Gasteiger partial charge is 0.221 e. The molecule has 1 aromatic carbocycles. The third kappa shape index (κ3) is 3.35. The number of anilines is 2. The van der Waals surface area contributed by atoms with Gasteiger partial charge in [-0.1, -0.05) is 6.92 Å². The molecule has 0 spiro atoms. The average molecular weight is 278 g/mol. The molecule has 0 fully saturated rings. The number of carbonyl (C=O) groups is 1. The topological polar surface area (TPSA) is 80.0 Å². The fourth-order valence-corrected chi connectivity index (χ4v) is 2.46. The highest BCUT2D eigenvalue weighted by atomic mass is 32.1. The molecule has 0 atom stereocenters. The minimum Gasteiger partial charge on any atom is -0.395 e. The van der Waals surface area contributed by atoms with Crippen LogP contribution in [-0.2, 0) is 4.79 Å². The summed E-state index contributed by atoms with van der Waals surface area (Å²) < 4.78 is 1.07. The molecular formula is C13H18N4OS. The van der Waals surface area contributed by atoms with Crippen molar-refractivity contribution in [2.75, 3.05) is 24.1 Å². The van der Waals surface area contributed by atoms with Crippen molar-refractivity contribution in [3.05, 3.63) is 17.6 Å². The highest BCUT2D eigenvalue weighted by Gasteiger charge is 2.07. The van der Waals surface area contributed by atoms with Gasteiger partial charge in [-0.15, -0.1) is 11.3 Å². The molecule has 0 bridgehead atoms. The highest BCUT2D eigenvalue weighted by Crippen LogP contribution is 2.29. The van der Waals surface area contributed by atoms with Crippen molar-refractivity contribution in [3.8, 4) is 0 Å². The largest absolute Gasteiger partial charge is 0.395 e. The number of amides is 1. The minimum atomic E-state index is 0.0580. The molecule has 0 radical (unpaired) electrons. The number of nitrogens with one attached hydrogen (secondary N) is 2. The Labute approximate surface area is 116 Å². The number of hydrogen-bond acceptors (Lipinski definition) is 5. The molecule has 0 aliphatic rings. The molecule has 0 saturated heterocycles. The van der Waals surface area contributed by atoms with E-state index in [4.69, 9.17) is 5.73 Å². The first kappa shape index (κ1) is 13.6. The van der Waals surface area contributed by atoms with Crippen LogP contribution >= 0.6 is 11.3 Å². The molecule has 0 unspecified atom stereocenters. The van der Waals surface area contributed by atoms with E-state index in [1.165, 1.54) is 0 Å². The van der Waals surface area contributed by atoms with Gasteiger partial charge in [0.15, 0.2) is 0 Å². The van der Waals surface area contributed by atoms with Crippen LogP contribution in [0.1, 0.15) is 19.8 Å². The van der Waals surface area contributed by atoms with E-state index in [1.807, 2.05) is 19.1 Å². The maximum Gasteiger partial charge on any atom is 0.221 e. The Morgan fingerprint density at radius 1 is 1.42 bits per heavy atom. The average Bonchev–Trinajstić information content (AvgIpc) is 2.88. The van der Waals surface area contributed by atoms with Gasteiger partial charge in [-0.3, -0.25) is 4.79 Å². The standard InChI is InChI=1S/C13H18N4OS/c1-2-6-16-11(18)5-7-15-9-3-4-10-13(12(9)14)17-8-19-10/h3-4,8,15H,2,5-7,14H2,1H3,(H,16,18). The number of nitrogen functional groups attached to an aromatic ring is 1. The number of carbonyl (C=O) groups excluding carboxylic acids is 1. The van der Waals surface area contributed by atoms with E-state index in [9.17, 15) is 4.79 Å². The zero-order valence-corrected chi connectivity index (χ0v) is 11.7. The van der Waals surface area contributed by atoms with Crippen molar-refractivity contribution in [2.45, 2.75) is 19.8 Å². The third-order valence-corrected chi connectivity index (χ3v) is 3.58. The van der Waals surface area contributed by atoms with E-state index in [-0.39, 0.29) is 5.91 Å². The SMILES string of the molecule is CCCNC(=O)CCNc1ccc2scnc2c1N. The summed E-state index contributed by atoms with van der Waals surface area (Å²) in [6.07, 6.45) is 1.39. The van der Waals surface area contributed by atoms with Crippen LogP contribution in [0.3, 0.4) is 0 Å². The predicted molar refractivity (Wildman–Crippen MR) is 80.4 cm³/mol. The number of aromatic nitrogens is 1. The van der Waals surface area contributed by atoms with E-state index in [1.54, 1.807) is 16.8 Å². The lowest BCUT2D eigenvalue weighted by Gasteiger charge is -2.09. The summed E-state index contributed by atoms with van der Waals surface area (Å²) in [6, 6.07) is 3.92. The van der Waals surface area contributed by atoms with Crippen LogP contribution in [0.15, 0.2) is 17.6 Å². The summed E-state index contributed by atoms with van der Waals surface area (Å²) in [4.78, 5) is 15.7. The second kappa shape index (κ2) is 6.38. The summed E-state index contributed by atoms with van der Waals surface area (Å²) in [6.45, 7) is 3.32. The van der Waals surface area contributed by atoms with Gasteiger partial charge in [0.05, 0.1) is 21.6 Å². The lowest BCUT2D eigenvalue weighted by atomic mass is 10.2. The van der Waals surface area contributed by atoms with Crippen LogP contribution in [0.25, 0.3) is 10.2 Å². The zero-order valence-electron chi connectivity index (χ0n) is 10.9. The Hall–Kier alpha value is -1.82. The summed E-state index contributed by atoms with van der Waals surface area (Å²) >= 11 is 1.57. The van der Waals surface area contributed by atoms with E-state index in [2.05, 4.69) is 15.6 Å². The van der Waals surface area contributed by atoms with Crippen LogP contribution in [-0.4, -0.2) is 24.0 Å². The molecule has 19 heavy (non-hydrogen) atoms. The fraction of sp³-hybridized carbons (Fsp3) is 0.385. The van der Waals surface area contributed by atoms with Crippen LogP contribution < -0.4 is 16.4 Å². The van der Waals surface area contributed by atoms with Gasteiger partial charge < -0.3 is 16.4 Å². The molecule has 6 heteroatoms. The summed E-state index contributed by atoms with van der Waals surface area (Å²) in [7, 11) is 0. The number of nitrogens with zero attached hydrogens (tertiary/aromatic N) is 1.